The molecule has 0 radical (unpaired) electrons. The normalized spacial score (nSPS) is 17.5. The second-order valence-electron chi connectivity index (χ2n) is 7.55. The molecule has 0 saturated heterocycles. The Balaban J connectivity index is 1.51. The first-order chi connectivity index (χ1) is 15.7. The molecule has 4 rings (SSSR count). The summed E-state index contributed by atoms with van der Waals surface area (Å²) in [5.41, 5.74) is -0.952. The van der Waals surface area contributed by atoms with Gasteiger partial charge in [-0.2, -0.15) is 13.2 Å². The lowest BCUT2D eigenvalue weighted by molar-refractivity contribution is -0.262. The minimum absolute atomic E-state index is 0.0342. The lowest BCUT2D eigenvalue weighted by Gasteiger charge is -2.39. The highest BCUT2D eigenvalue weighted by Gasteiger charge is 2.62. The van der Waals surface area contributed by atoms with E-state index in [2.05, 4.69) is 10.6 Å². The van der Waals surface area contributed by atoms with Crippen LogP contribution in [0.15, 0.2) is 72.8 Å². The molecule has 0 bridgehead atoms. The van der Waals surface area contributed by atoms with E-state index in [4.69, 9.17) is 16.3 Å². The lowest BCUT2D eigenvalue weighted by atomic mass is 9.89. The summed E-state index contributed by atoms with van der Waals surface area (Å²) < 4.78 is 47.2. The number of nitrogens with one attached hydrogen (secondary N) is 2. The Bertz CT molecular complexity index is 1180. The predicted octanol–water partition coefficient (Wildman–Crippen LogP) is 5.69. The first-order valence-electron chi connectivity index (χ1n) is 9.96. The van der Waals surface area contributed by atoms with Crippen LogP contribution in [0.5, 0.6) is 0 Å². The Hall–Kier alpha value is -3.52. The van der Waals surface area contributed by atoms with Gasteiger partial charge in [0.15, 0.2) is 0 Å². The molecule has 1 atom stereocenters. The number of fused-ring (bicyclic) bond motifs is 1. The van der Waals surface area contributed by atoms with Gasteiger partial charge in [0.1, 0.15) is 0 Å². The zero-order valence-corrected chi connectivity index (χ0v) is 17.8. The van der Waals surface area contributed by atoms with Crippen molar-refractivity contribution in [2.24, 2.45) is 0 Å². The molecular weight excluding hydrogens is 457 g/mol. The van der Waals surface area contributed by atoms with Gasteiger partial charge in [-0.1, -0.05) is 66.2 Å². The smallest absolute Gasteiger partial charge is 0.426 e. The Kier molecular flexibility index (Phi) is 6.03. The lowest BCUT2D eigenvalue weighted by Crippen LogP contribution is -2.56. The number of carbonyl (C=O) groups excluding carboxylic acids is 2. The van der Waals surface area contributed by atoms with Gasteiger partial charge in [-0.05, 0) is 34.9 Å². The average Bonchev–Trinajstić information content (AvgIpc) is 2.78. The number of anilines is 1. The number of rotatable bonds is 5. The van der Waals surface area contributed by atoms with Crippen LogP contribution in [0.3, 0.4) is 0 Å². The van der Waals surface area contributed by atoms with Gasteiger partial charge in [0.2, 0.25) is 5.91 Å². The van der Waals surface area contributed by atoms with Crippen LogP contribution < -0.4 is 10.6 Å². The van der Waals surface area contributed by atoms with E-state index in [1.54, 1.807) is 12.1 Å². The quantitative estimate of drug-likeness (QED) is 0.499. The van der Waals surface area contributed by atoms with Gasteiger partial charge in [0, 0.05) is 10.6 Å². The zero-order chi connectivity index (χ0) is 23.6. The van der Waals surface area contributed by atoms with Crippen molar-refractivity contribution >= 4 is 29.3 Å². The van der Waals surface area contributed by atoms with Crippen LogP contribution in [-0.2, 0) is 21.6 Å². The van der Waals surface area contributed by atoms with Crippen LogP contribution in [0.25, 0.3) is 11.1 Å². The van der Waals surface area contributed by atoms with E-state index in [1.807, 2.05) is 42.5 Å². The largest absolute Gasteiger partial charge is 0.434 e. The summed E-state index contributed by atoms with van der Waals surface area (Å²) in [6.45, 7) is -0.988. The molecule has 170 valence electrons. The van der Waals surface area contributed by atoms with E-state index in [1.165, 1.54) is 12.1 Å². The van der Waals surface area contributed by atoms with Crippen LogP contribution in [0.4, 0.5) is 23.7 Å². The monoisotopic (exact) mass is 474 g/mol. The van der Waals surface area contributed by atoms with Crippen molar-refractivity contribution in [2.45, 2.75) is 18.2 Å². The molecule has 1 aliphatic rings. The minimum atomic E-state index is -5.01. The van der Waals surface area contributed by atoms with Gasteiger partial charge >= 0.3 is 12.3 Å². The highest BCUT2D eigenvalue weighted by atomic mass is 35.5. The van der Waals surface area contributed by atoms with Crippen molar-refractivity contribution < 1.29 is 27.5 Å². The summed E-state index contributed by atoms with van der Waals surface area (Å²) in [5.74, 6) is -0.649. The Labute approximate surface area is 192 Å². The third-order valence-electron chi connectivity index (χ3n) is 5.34. The molecule has 0 spiro atoms. The van der Waals surface area contributed by atoms with Gasteiger partial charge in [0.25, 0.3) is 5.60 Å². The number of alkyl halides is 3. The van der Waals surface area contributed by atoms with Crippen LogP contribution in [0.1, 0.15) is 11.1 Å². The molecule has 3 aromatic carbocycles. The maximum absolute atomic E-state index is 14.2. The van der Waals surface area contributed by atoms with Gasteiger partial charge in [-0.25, -0.2) is 4.79 Å². The van der Waals surface area contributed by atoms with E-state index in [-0.39, 0.29) is 22.7 Å². The molecule has 5 nitrogen and oxygen atoms in total. The molecule has 2 N–H and O–H groups in total. The predicted molar refractivity (Wildman–Crippen MR) is 118 cm³/mol. The first kappa shape index (κ1) is 22.7. The topological polar surface area (TPSA) is 67.4 Å². The summed E-state index contributed by atoms with van der Waals surface area (Å²) in [4.78, 5) is 24.4. The van der Waals surface area contributed by atoms with Crippen LogP contribution in [-0.4, -0.2) is 24.7 Å². The average molecular weight is 475 g/mol. The zero-order valence-electron chi connectivity index (χ0n) is 17.1. The van der Waals surface area contributed by atoms with E-state index in [0.717, 1.165) is 17.2 Å². The molecule has 2 amide bonds. The van der Waals surface area contributed by atoms with E-state index >= 15 is 0 Å². The number of hydrogen-bond donors (Lipinski definition) is 2. The number of cyclic esters (lactones) is 1. The maximum Gasteiger partial charge on any atom is 0.434 e. The molecule has 0 saturated carbocycles. The van der Waals surface area contributed by atoms with Crippen molar-refractivity contribution in [1.82, 2.24) is 5.32 Å². The fourth-order valence-electron chi connectivity index (χ4n) is 3.67. The number of ether oxygens (including phenoxy) is 1. The molecule has 33 heavy (non-hydrogen) atoms. The molecule has 9 heteroatoms. The molecule has 0 fully saturated rings. The first-order valence-corrected chi connectivity index (χ1v) is 10.3. The highest BCUT2D eigenvalue weighted by Crippen LogP contribution is 2.47. The van der Waals surface area contributed by atoms with Crippen LogP contribution >= 0.6 is 11.6 Å². The molecular formula is C24H18ClF3N2O3. The van der Waals surface area contributed by atoms with Crippen LogP contribution in [0.2, 0.25) is 5.02 Å². The number of hydrogen-bond acceptors (Lipinski definition) is 3. The molecule has 0 aliphatic carbocycles. The maximum atomic E-state index is 14.2. The fraction of sp³-hybridized carbons (Fsp3) is 0.167. The summed E-state index contributed by atoms with van der Waals surface area (Å²) in [6.07, 6.45) is -6.42. The standard InChI is InChI=1S/C24H18ClF3N2O3/c25-18-10-11-20-19(13-18)23(24(26,27)28,33-22(32)30-20)14-29-21(31)12-15-6-8-17(9-7-15)16-4-2-1-3-5-16/h1-11,13H,12,14H2,(H,29,31)(H,30,32). The van der Waals surface area contributed by atoms with Crippen molar-refractivity contribution in [3.05, 3.63) is 88.9 Å². The van der Waals surface area contributed by atoms with Gasteiger partial charge in [0.05, 0.1) is 18.7 Å². The number of halogens is 4. The Morgan fingerprint density at radius 2 is 1.67 bits per heavy atom. The molecule has 3 aromatic rings. The number of benzene rings is 3. The van der Waals surface area contributed by atoms with E-state index in [9.17, 15) is 22.8 Å². The SMILES string of the molecule is O=C(Cc1ccc(-c2ccccc2)cc1)NCC1(C(F)(F)F)OC(=O)Nc2ccc(Cl)cc21. The van der Waals surface area contributed by atoms with Crippen molar-refractivity contribution in [3.8, 4) is 11.1 Å². The summed E-state index contributed by atoms with van der Waals surface area (Å²) >= 11 is 5.89. The van der Waals surface area contributed by atoms with Crippen molar-refractivity contribution in [1.29, 1.82) is 0 Å². The molecule has 1 unspecified atom stereocenters. The fourth-order valence-corrected chi connectivity index (χ4v) is 3.84. The van der Waals surface area contributed by atoms with Gasteiger partial charge in [-0.3, -0.25) is 10.1 Å². The van der Waals surface area contributed by atoms with E-state index < -0.39 is 30.3 Å². The van der Waals surface area contributed by atoms with Crippen LogP contribution in [0, 0.1) is 0 Å². The van der Waals surface area contributed by atoms with Gasteiger partial charge < -0.3 is 10.1 Å². The summed E-state index contributed by atoms with van der Waals surface area (Å²) in [6, 6.07) is 20.4. The minimum Gasteiger partial charge on any atom is -0.426 e. The Morgan fingerprint density at radius 1 is 1.00 bits per heavy atom. The van der Waals surface area contributed by atoms with E-state index in [0.29, 0.717) is 5.56 Å². The van der Waals surface area contributed by atoms with Gasteiger partial charge in [-0.15, -0.1) is 0 Å². The Morgan fingerprint density at radius 3 is 2.33 bits per heavy atom. The summed E-state index contributed by atoms with van der Waals surface area (Å²) in [7, 11) is 0. The highest BCUT2D eigenvalue weighted by molar-refractivity contribution is 6.30. The molecule has 1 aliphatic heterocycles. The molecule has 0 aromatic heterocycles. The second kappa shape index (κ2) is 8.78. The van der Waals surface area contributed by atoms with Crippen molar-refractivity contribution in [2.75, 3.05) is 11.9 Å². The number of carbonyl (C=O) groups is 2. The second-order valence-corrected chi connectivity index (χ2v) is 7.98. The number of amides is 2. The third-order valence-corrected chi connectivity index (χ3v) is 5.57. The van der Waals surface area contributed by atoms with Crippen molar-refractivity contribution in [3.63, 3.8) is 0 Å². The molecule has 1 heterocycles. The summed E-state index contributed by atoms with van der Waals surface area (Å²) in [5, 5.41) is 4.53. The third kappa shape index (κ3) is 4.66.